The van der Waals surface area contributed by atoms with Crippen molar-refractivity contribution in [1.29, 1.82) is 0 Å². The van der Waals surface area contributed by atoms with Crippen LogP contribution >= 0.6 is 35.3 Å². The number of nitrogens with one attached hydrogen (secondary N) is 2. The molecule has 3 atom stereocenters. The van der Waals surface area contributed by atoms with E-state index in [1.54, 1.807) is 24.3 Å². The number of quaternary nitrogens is 1. The smallest absolute Gasteiger partial charge is 0.324 e. The van der Waals surface area contributed by atoms with Gasteiger partial charge >= 0.3 is 6.03 Å². The molecular formula is C20H25Cl2N4O2S+. The summed E-state index contributed by atoms with van der Waals surface area (Å²) in [6, 6.07) is 7.33. The summed E-state index contributed by atoms with van der Waals surface area (Å²) in [7, 11) is 2.30. The number of rotatable bonds is 4. The minimum Gasteiger partial charge on any atom is -0.365 e. The Balaban J connectivity index is 0.00000240. The Morgan fingerprint density at radius 1 is 1.24 bits per heavy atom. The highest BCUT2D eigenvalue weighted by Crippen LogP contribution is 2.53. The molecule has 6 nitrogen and oxygen atoms in total. The van der Waals surface area contributed by atoms with Crippen LogP contribution in [0.4, 0.5) is 15.5 Å². The number of halogens is 2. The van der Waals surface area contributed by atoms with E-state index in [2.05, 4.69) is 24.6 Å². The maximum atomic E-state index is 12.5. The first-order valence-electron chi connectivity index (χ1n) is 9.47. The molecule has 9 heteroatoms. The third kappa shape index (κ3) is 3.72. The molecule has 0 radical (unpaired) electrons. The van der Waals surface area contributed by atoms with E-state index in [4.69, 9.17) is 17.3 Å². The van der Waals surface area contributed by atoms with Gasteiger partial charge < -0.3 is 15.5 Å². The monoisotopic (exact) mass is 455 g/mol. The van der Waals surface area contributed by atoms with E-state index < -0.39 is 11.9 Å². The molecule has 3 unspecified atom stereocenters. The first kappa shape index (κ1) is 21.9. The van der Waals surface area contributed by atoms with Gasteiger partial charge in [0.05, 0.1) is 30.1 Å². The fraction of sp³-hybridized carbons (Fsp3) is 0.400. The van der Waals surface area contributed by atoms with E-state index >= 15 is 0 Å². The van der Waals surface area contributed by atoms with E-state index in [-0.39, 0.29) is 12.4 Å². The lowest BCUT2D eigenvalue weighted by atomic mass is 9.94. The molecule has 2 aliphatic rings. The molecular weight excluding hydrogens is 431 g/mol. The molecule has 29 heavy (non-hydrogen) atoms. The Kier molecular flexibility index (Phi) is 6.15. The van der Waals surface area contributed by atoms with Gasteiger partial charge in [0.25, 0.3) is 5.91 Å². The number of carbonyl (C=O) groups excluding carboxylic acids is 2. The first-order chi connectivity index (χ1) is 13.3. The van der Waals surface area contributed by atoms with Gasteiger partial charge in [-0.05, 0) is 36.8 Å². The molecule has 3 heterocycles. The Morgan fingerprint density at radius 3 is 2.55 bits per heavy atom. The second kappa shape index (κ2) is 8.14. The standard InChI is InChI=1S/C20H23ClN4O2S.ClH/c1-3-25(2)13-8-9-15(25)17-14(10-13)16(18(22)26)19(28-17)24-20(27)23-12-6-4-11(21)5-7-12;/h4-7,13,15H,3,8-10H2,1-2H3,(H3-,22,23,24,26,27);1H/p+1. The zero-order valence-corrected chi connectivity index (χ0v) is 18.7. The largest absolute Gasteiger partial charge is 0.365 e. The van der Waals surface area contributed by atoms with Crippen LogP contribution in [0, 0.1) is 0 Å². The lowest BCUT2D eigenvalue weighted by Crippen LogP contribution is -2.52. The summed E-state index contributed by atoms with van der Waals surface area (Å²) in [6.07, 6.45) is 3.11. The summed E-state index contributed by atoms with van der Waals surface area (Å²) in [4.78, 5) is 25.9. The third-order valence-electron chi connectivity index (χ3n) is 6.36. The molecule has 4 N–H and O–H groups in total. The van der Waals surface area contributed by atoms with Crippen molar-refractivity contribution in [2.24, 2.45) is 5.73 Å². The molecule has 3 amide bonds. The molecule has 0 saturated carbocycles. The zero-order chi connectivity index (χ0) is 20.1. The van der Waals surface area contributed by atoms with Crippen molar-refractivity contribution in [2.75, 3.05) is 24.2 Å². The van der Waals surface area contributed by atoms with Gasteiger partial charge in [-0.25, -0.2) is 4.79 Å². The van der Waals surface area contributed by atoms with Crippen molar-refractivity contribution in [3.63, 3.8) is 0 Å². The van der Waals surface area contributed by atoms with E-state index in [1.165, 1.54) is 16.2 Å². The highest BCUT2D eigenvalue weighted by Gasteiger charge is 2.52. The van der Waals surface area contributed by atoms with Gasteiger partial charge in [-0.3, -0.25) is 10.1 Å². The molecule has 2 aromatic rings. The number of likely N-dealkylation sites (N-methyl/N-ethyl adjacent to an activating group) is 1. The minimum atomic E-state index is -0.480. The summed E-state index contributed by atoms with van der Waals surface area (Å²) >= 11 is 7.38. The maximum Gasteiger partial charge on any atom is 0.324 e. The summed E-state index contributed by atoms with van der Waals surface area (Å²) in [6.45, 7) is 3.27. The predicted octanol–water partition coefficient (Wildman–Crippen LogP) is 4.79. The summed E-state index contributed by atoms with van der Waals surface area (Å²) in [5, 5.41) is 6.75. The van der Waals surface area contributed by atoms with Crippen molar-refractivity contribution in [1.82, 2.24) is 0 Å². The number of thiophene rings is 1. The van der Waals surface area contributed by atoms with Crippen LogP contribution in [0.2, 0.25) is 5.02 Å². The van der Waals surface area contributed by atoms with Gasteiger partial charge in [0.15, 0.2) is 0 Å². The fourth-order valence-corrected chi connectivity index (χ4v) is 6.34. The van der Waals surface area contributed by atoms with Gasteiger partial charge in [-0.1, -0.05) is 11.6 Å². The molecule has 1 fully saturated rings. The van der Waals surface area contributed by atoms with Crippen LogP contribution in [-0.4, -0.2) is 36.1 Å². The Morgan fingerprint density at radius 2 is 1.93 bits per heavy atom. The van der Waals surface area contributed by atoms with Crippen LogP contribution in [0.15, 0.2) is 24.3 Å². The van der Waals surface area contributed by atoms with E-state index in [1.807, 2.05) is 0 Å². The number of nitrogens with two attached hydrogens (primary N) is 1. The van der Waals surface area contributed by atoms with Crippen LogP contribution in [0.3, 0.4) is 0 Å². The molecule has 0 aliphatic carbocycles. The van der Waals surface area contributed by atoms with Gasteiger partial charge in [0.1, 0.15) is 11.0 Å². The molecule has 1 saturated heterocycles. The van der Waals surface area contributed by atoms with Crippen molar-refractivity contribution < 1.29 is 14.1 Å². The fourth-order valence-electron chi connectivity index (χ4n) is 4.72. The quantitative estimate of drug-likeness (QED) is 0.578. The molecule has 0 spiro atoms. The molecule has 4 rings (SSSR count). The van der Waals surface area contributed by atoms with Crippen molar-refractivity contribution in [2.45, 2.75) is 38.3 Å². The highest BCUT2D eigenvalue weighted by molar-refractivity contribution is 7.17. The molecule has 1 aromatic carbocycles. The lowest BCUT2D eigenvalue weighted by Gasteiger charge is -2.43. The summed E-state index contributed by atoms with van der Waals surface area (Å²) in [5.74, 6) is -0.480. The molecule has 2 bridgehead atoms. The summed E-state index contributed by atoms with van der Waals surface area (Å²) < 4.78 is 1.00. The SMILES string of the molecule is CC[N+]1(C)C2CCC1c1sc(NC(=O)Nc3ccc(Cl)cc3)c(C(N)=O)c1C2.Cl. The number of primary amides is 1. The van der Waals surface area contributed by atoms with Gasteiger partial charge in [-0.2, -0.15) is 0 Å². The lowest BCUT2D eigenvalue weighted by molar-refractivity contribution is -0.949. The number of anilines is 2. The van der Waals surface area contributed by atoms with Crippen LogP contribution in [0.1, 0.15) is 46.6 Å². The zero-order valence-electron chi connectivity index (χ0n) is 16.3. The van der Waals surface area contributed by atoms with Crippen LogP contribution < -0.4 is 16.4 Å². The number of carbonyl (C=O) groups is 2. The average Bonchev–Trinajstić information content (AvgIpc) is 3.09. The van der Waals surface area contributed by atoms with Crippen molar-refractivity contribution >= 4 is 58.0 Å². The number of hydrogen-bond donors (Lipinski definition) is 3. The van der Waals surface area contributed by atoms with E-state index in [9.17, 15) is 9.59 Å². The second-order valence-electron chi connectivity index (χ2n) is 7.71. The number of benzene rings is 1. The van der Waals surface area contributed by atoms with Gasteiger partial charge in [0, 0.05) is 30.0 Å². The second-order valence-corrected chi connectivity index (χ2v) is 9.20. The minimum absolute atomic E-state index is 0. The van der Waals surface area contributed by atoms with Gasteiger partial charge in [-0.15, -0.1) is 23.7 Å². The van der Waals surface area contributed by atoms with Crippen LogP contribution in [0.5, 0.6) is 0 Å². The normalized spacial score (nSPS) is 24.4. The van der Waals surface area contributed by atoms with Crippen LogP contribution in [0.25, 0.3) is 0 Å². The van der Waals surface area contributed by atoms with Crippen molar-refractivity contribution in [3.8, 4) is 0 Å². The molecule has 2 aliphatic heterocycles. The molecule has 1 aromatic heterocycles. The number of urea groups is 1. The van der Waals surface area contributed by atoms with E-state index in [0.29, 0.717) is 33.4 Å². The van der Waals surface area contributed by atoms with E-state index in [0.717, 1.165) is 35.9 Å². The number of fused-ring (bicyclic) bond motifs is 4. The number of amides is 3. The first-order valence-corrected chi connectivity index (χ1v) is 10.7. The number of nitrogens with zero attached hydrogens (tertiary/aromatic N) is 1. The average molecular weight is 456 g/mol. The Bertz CT molecular complexity index is 947. The Hall–Kier alpha value is -1.80. The topological polar surface area (TPSA) is 84.2 Å². The third-order valence-corrected chi connectivity index (χ3v) is 7.86. The maximum absolute atomic E-state index is 12.5. The predicted molar refractivity (Wildman–Crippen MR) is 120 cm³/mol. The Labute approximate surface area is 185 Å². The van der Waals surface area contributed by atoms with Crippen molar-refractivity contribution in [3.05, 3.63) is 45.3 Å². The summed E-state index contributed by atoms with van der Waals surface area (Å²) in [5.41, 5.74) is 7.85. The number of hydrogen-bond acceptors (Lipinski definition) is 3. The molecule has 156 valence electrons. The highest BCUT2D eigenvalue weighted by atomic mass is 35.5. The van der Waals surface area contributed by atoms with Gasteiger partial charge in [0.2, 0.25) is 0 Å². The van der Waals surface area contributed by atoms with Crippen LogP contribution in [-0.2, 0) is 6.42 Å².